The van der Waals surface area contributed by atoms with Gasteiger partial charge >= 0.3 is 0 Å². The minimum absolute atomic E-state index is 0.474. The summed E-state index contributed by atoms with van der Waals surface area (Å²) in [7, 11) is 0. The number of fused-ring (bicyclic) bond motifs is 3. The second-order valence-electron chi connectivity index (χ2n) is 7.73. The first-order valence-electron chi connectivity index (χ1n) is 8.02. The van der Waals surface area contributed by atoms with E-state index >= 15 is 0 Å². The molecule has 0 heterocycles. The van der Waals surface area contributed by atoms with Crippen molar-refractivity contribution < 1.29 is 0 Å². The van der Waals surface area contributed by atoms with E-state index in [1.807, 2.05) is 0 Å². The van der Waals surface area contributed by atoms with Gasteiger partial charge in [0, 0.05) is 0 Å². The van der Waals surface area contributed by atoms with Crippen LogP contribution < -0.4 is 0 Å². The number of hydrogen-bond acceptors (Lipinski definition) is 0. The van der Waals surface area contributed by atoms with E-state index in [0.717, 1.165) is 11.8 Å². The molecule has 0 amide bonds. The fourth-order valence-electron chi connectivity index (χ4n) is 5.23. The minimum atomic E-state index is 0.474. The van der Waals surface area contributed by atoms with Gasteiger partial charge in [0.2, 0.25) is 0 Å². The smallest absolute Gasteiger partial charge is 0.00938 e. The lowest BCUT2D eigenvalue weighted by atomic mass is 9.64. The average molecular weight is 264 g/mol. The number of benzene rings is 2. The van der Waals surface area contributed by atoms with Crippen LogP contribution in [0.5, 0.6) is 0 Å². The first kappa shape index (κ1) is 12.4. The third-order valence-electron chi connectivity index (χ3n) is 6.99. The van der Waals surface area contributed by atoms with Gasteiger partial charge in [0.05, 0.1) is 0 Å². The van der Waals surface area contributed by atoms with Crippen LogP contribution in [0.1, 0.15) is 51.5 Å². The number of hydrogen-bond donors (Lipinski definition) is 0. The van der Waals surface area contributed by atoms with Gasteiger partial charge in [-0.3, -0.25) is 0 Å². The van der Waals surface area contributed by atoms with Gasteiger partial charge in [-0.25, -0.2) is 0 Å². The highest BCUT2D eigenvalue weighted by atomic mass is 14.7. The molecule has 2 aliphatic carbocycles. The SMILES string of the molecule is CC1(C)C2CCC1(C)C(c1cccc3ccccc13)C2. The van der Waals surface area contributed by atoms with E-state index < -0.39 is 0 Å². The van der Waals surface area contributed by atoms with Gasteiger partial charge in [-0.05, 0) is 58.3 Å². The molecule has 2 saturated carbocycles. The molecule has 0 saturated heterocycles. The van der Waals surface area contributed by atoms with E-state index in [-0.39, 0.29) is 0 Å². The van der Waals surface area contributed by atoms with E-state index in [0.29, 0.717) is 10.8 Å². The maximum Gasteiger partial charge on any atom is -0.00938 e. The molecule has 20 heavy (non-hydrogen) atoms. The van der Waals surface area contributed by atoms with Crippen molar-refractivity contribution in [1.82, 2.24) is 0 Å². The standard InChI is InChI=1S/C20H24/c1-19(2)15-11-12-20(19,3)18(13-15)17-10-6-8-14-7-4-5-9-16(14)17/h4-10,15,18H,11-13H2,1-3H3. The first-order valence-corrected chi connectivity index (χ1v) is 8.02. The van der Waals surface area contributed by atoms with Gasteiger partial charge in [0.1, 0.15) is 0 Å². The molecule has 0 aliphatic heterocycles. The Labute approximate surface area is 122 Å². The molecular formula is C20H24. The normalized spacial score (nSPS) is 34.8. The van der Waals surface area contributed by atoms with Crippen LogP contribution in [0, 0.1) is 16.7 Å². The molecule has 2 aliphatic rings. The highest BCUT2D eigenvalue weighted by Gasteiger charge is 2.61. The molecule has 2 fully saturated rings. The molecule has 0 heteroatoms. The average Bonchev–Trinajstić information content (AvgIpc) is 2.79. The van der Waals surface area contributed by atoms with Gasteiger partial charge in [0.15, 0.2) is 0 Å². The zero-order valence-electron chi connectivity index (χ0n) is 12.8. The van der Waals surface area contributed by atoms with Crippen molar-refractivity contribution in [3.8, 4) is 0 Å². The van der Waals surface area contributed by atoms with Gasteiger partial charge in [-0.15, -0.1) is 0 Å². The van der Waals surface area contributed by atoms with Crippen molar-refractivity contribution in [2.45, 2.75) is 46.0 Å². The molecule has 0 N–H and O–H groups in total. The molecule has 3 atom stereocenters. The second kappa shape index (κ2) is 3.87. The summed E-state index contributed by atoms with van der Waals surface area (Å²) < 4.78 is 0. The van der Waals surface area contributed by atoms with E-state index in [1.165, 1.54) is 30.0 Å². The lowest BCUT2D eigenvalue weighted by molar-refractivity contribution is 0.135. The monoisotopic (exact) mass is 264 g/mol. The highest BCUT2D eigenvalue weighted by molar-refractivity contribution is 5.86. The van der Waals surface area contributed by atoms with Crippen molar-refractivity contribution in [3.05, 3.63) is 48.0 Å². The molecule has 3 unspecified atom stereocenters. The van der Waals surface area contributed by atoms with Crippen molar-refractivity contribution >= 4 is 10.8 Å². The van der Waals surface area contributed by atoms with Crippen LogP contribution in [0.4, 0.5) is 0 Å². The summed E-state index contributed by atoms with van der Waals surface area (Å²) in [5.41, 5.74) is 2.57. The van der Waals surface area contributed by atoms with Crippen LogP contribution in [-0.2, 0) is 0 Å². The molecule has 4 rings (SSSR count). The third-order valence-corrected chi connectivity index (χ3v) is 6.99. The molecule has 2 bridgehead atoms. The van der Waals surface area contributed by atoms with Crippen LogP contribution in [0.25, 0.3) is 10.8 Å². The Bertz CT molecular complexity index is 661. The van der Waals surface area contributed by atoms with Crippen LogP contribution in [-0.4, -0.2) is 0 Å². The van der Waals surface area contributed by atoms with E-state index in [2.05, 4.69) is 63.2 Å². The Morgan fingerprint density at radius 3 is 2.40 bits per heavy atom. The predicted octanol–water partition coefficient (Wildman–Crippen LogP) is 5.77. The van der Waals surface area contributed by atoms with E-state index in [9.17, 15) is 0 Å². The first-order chi connectivity index (χ1) is 9.54. The Kier molecular flexibility index (Phi) is 2.41. The Balaban J connectivity index is 1.90. The van der Waals surface area contributed by atoms with Gasteiger partial charge in [-0.2, -0.15) is 0 Å². The zero-order valence-corrected chi connectivity index (χ0v) is 12.8. The quantitative estimate of drug-likeness (QED) is 0.613. The summed E-state index contributed by atoms with van der Waals surface area (Å²) in [6.45, 7) is 7.57. The summed E-state index contributed by atoms with van der Waals surface area (Å²) in [5, 5.41) is 2.87. The summed E-state index contributed by atoms with van der Waals surface area (Å²) >= 11 is 0. The molecule has 2 aromatic carbocycles. The van der Waals surface area contributed by atoms with Crippen LogP contribution >= 0.6 is 0 Å². The Hall–Kier alpha value is -1.30. The predicted molar refractivity (Wildman–Crippen MR) is 85.9 cm³/mol. The summed E-state index contributed by atoms with van der Waals surface area (Å²) in [5.74, 6) is 1.65. The molecule has 104 valence electrons. The summed E-state index contributed by atoms with van der Waals surface area (Å²) in [6, 6.07) is 15.8. The van der Waals surface area contributed by atoms with Gasteiger partial charge in [0.25, 0.3) is 0 Å². The molecule has 0 nitrogen and oxygen atoms in total. The zero-order chi connectivity index (χ0) is 14.0. The van der Waals surface area contributed by atoms with Crippen LogP contribution in [0.3, 0.4) is 0 Å². The minimum Gasteiger partial charge on any atom is -0.0616 e. The molecule has 0 aromatic heterocycles. The van der Waals surface area contributed by atoms with Crippen molar-refractivity contribution in [3.63, 3.8) is 0 Å². The third kappa shape index (κ3) is 1.38. The maximum absolute atomic E-state index is 2.55. The second-order valence-corrected chi connectivity index (χ2v) is 7.73. The fraction of sp³-hybridized carbons (Fsp3) is 0.500. The van der Waals surface area contributed by atoms with Crippen molar-refractivity contribution in [1.29, 1.82) is 0 Å². The van der Waals surface area contributed by atoms with Crippen molar-refractivity contribution in [2.75, 3.05) is 0 Å². The highest BCUT2D eigenvalue weighted by Crippen LogP contribution is 2.71. The summed E-state index contributed by atoms with van der Waals surface area (Å²) in [4.78, 5) is 0. The Morgan fingerprint density at radius 1 is 0.950 bits per heavy atom. The summed E-state index contributed by atoms with van der Waals surface area (Å²) in [6.07, 6.45) is 4.22. The molecular weight excluding hydrogens is 240 g/mol. The van der Waals surface area contributed by atoms with Crippen LogP contribution in [0.2, 0.25) is 0 Å². The van der Waals surface area contributed by atoms with E-state index in [4.69, 9.17) is 0 Å². The van der Waals surface area contributed by atoms with E-state index in [1.54, 1.807) is 5.56 Å². The maximum atomic E-state index is 2.55. The topological polar surface area (TPSA) is 0 Å². The molecule has 2 aromatic rings. The van der Waals surface area contributed by atoms with Gasteiger partial charge < -0.3 is 0 Å². The Morgan fingerprint density at radius 2 is 1.70 bits per heavy atom. The fourth-order valence-corrected chi connectivity index (χ4v) is 5.23. The lowest BCUT2D eigenvalue weighted by Gasteiger charge is -2.40. The molecule has 0 spiro atoms. The van der Waals surface area contributed by atoms with Gasteiger partial charge in [-0.1, -0.05) is 63.2 Å². The van der Waals surface area contributed by atoms with Crippen LogP contribution in [0.15, 0.2) is 42.5 Å². The number of rotatable bonds is 1. The largest absolute Gasteiger partial charge is 0.0616 e. The van der Waals surface area contributed by atoms with Crippen molar-refractivity contribution in [2.24, 2.45) is 16.7 Å². The lowest BCUT2D eigenvalue weighted by Crippen LogP contribution is -2.31. The molecule has 0 radical (unpaired) electrons.